The Morgan fingerprint density at radius 1 is 0.838 bits per heavy atom. The van der Waals surface area contributed by atoms with Crippen molar-refractivity contribution in [1.29, 1.82) is 0 Å². The molecule has 0 saturated heterocycles. The molecule has 6 nitrogen and oxygen atoms in total. The quantitative estimate of drug-likeness (QED) is 0.223. The lowest BCUT2D eigenvalue weighted by molar-refractivity contribution is -0.150. The van der Waals surface area contributed by atoms with Gasteiger partial charge in [-0.05, 0) is 48.1 Å². The van der Waals surface area contributed by atoms with Gasteiger partial charge in [0.15, 0.2) is 11.9 Å². The second-order valence-electron chi connectivity index (χ2n) is 9.13. The predicted octanol–water partition coefficient (Wildman–Crippen LogP) is 5.79. The summed E-state index contributed by atoms with van der Waals surface area (Å²) in [4.78, 5) is 37.9. The van der Waals surface area contributed by atoms with Gasteiger partial charge in [0.05, 0.1) is 0 Å². The molecular formula is C31H35NO5. The van der Waals surface area contributed by atoms with Crippen LogP contribution in [0.3, 0.4) is 0 Å². The summed E-state index contributed by atoms with van der Waals surface area (Å²) in [6, 6.07) is 25.1. The summed E-state index contributed by atoms with van der Waals surface area (Å²) in [5, 5.41) is 9.30. The summed E-state index contributed by atoms with van der Waals surface area (Å²) in [6.45, 7) is 2.64. The third-order valence-corrected chi connectivity index (χ3v) is 6.26. The molecule has 194 valence electrons. The molecular weight excluding hydrogens is 466 g/mol. The molecule has 0 aromatic heterocycles. The molecule has 0 fully saturated rings. The maximum atomic E-state index is 12.6. The molecule has 0 unspecified atom stereocenters. The standard InChI is InChI=1S/C31H35NO5/c1-3-37-29(31(35)36)21-23-16-18-25(19-17-23)27-13-9-10-24(20-27)22-32(2)30(34)15-8-7-14-28(33)26-11-5-4-6-12-26/h4-6,9-13,16-20,29H,3,7-8,14-15,21-22H2,1-2H3,(H,35,36)/t29-/m0/s1. The van der Waals surface area contributed by atoms with Crippen molar-refractivity contribution in [2.24, 2.45) is 0 Å². The van der Waals surface area contributed by atoms with Crippen LogP contribution in [0.5, 0.6) is 0 Å². The van der Waals surface area contributed by atoms with Crippen LogP contribution in [-0.2, 0) is 27.3 Å². The minimum atomic E-state index is -0.960. The van der Waals surface area contributed by atoms with E-state index in [1.807, 2.05) is 72.8 Å². The van der Waals surface area contributed by atoms with E-state index < -0.39 is 12.1 Å². The van der Waals surface area contributed by atoms with Gasteiger partial charge in [-0.1, -0.05) is 72.8 Å². The number of amides is 1. The third kappa shape index (κ3) is 8.69. The number of aliphatic carboxylic acids is 1. The lowest BCUT2D eigenvalue weighted by Crippen LogP contribution is -2.26. The number of ether oxygens (including phenoxy) is 1. The molecule has 0 bridgehead atoms. The van der Waals surface area contributed by atoms with Crippen molar-refractivity contribution in [3.05, 3.63) is 95.6 Å². The van der Waals surface area contributed by atoms with Crippen LogP contribution >= 0.6 is 0 Å². The smallest absolute Gasteiger partial charge is 0.333 e. The molecule has 6 heteroatoms. The number of hydrogen-bond acceptors (Lipinski definition) is 4. The maximum Gasteiger partial charge on any atom is 0.333 e. The normalized spacial score (nSPS) is 11.6. The molecule has 0 saturated carbocycles. The minimum absolute atomic E-state index is 0.0594. The fourth-order valence-electron chi connectivity index (χ4n) is 4.20. The van der Waals surface area contributed by atoms with Gasteiger partial charge < -0.3 is 14.7 Å². The Balaban J connectivity index is 1.50. The minimum Gasteiger partial charge on any atom is -0.479 e. The number of carbonyl (C=O) groups excluding carboxylic acids is 2. The molecule has 0 aliphatic heterocycles. The SMILES string of the molecule is CCO[C@@H](Cc1ccc(-c2cccc(CN(C)C(=O)CCCCC(=O)c3ccccc3)c2)cc1)C(=O)O. The summed E-state index contributed by atoms with van der Waals surface area (Å²) in [5.74, 6) is -0.788. The molecule has 1 atom stereocenters. The van der Waals surface area contributed by atoms with E-state index in [1.54, 1.807) is 18.9 Å². The molecule has 1 amide bonds. The Hall–Kier alpha value is -3.77. The first kappa shape index (κ1) is 27.8. The van der Waals surface area contributed by atoms with Crippen molar-refractivity contribution in [2.45, 2.75) is 51.7 Å². The molecule has 0 radical (unpaired) electrons. The largest absolute Gasteiger partial charge is 0.479 e. The van der Waals surface area contributed by atoms with Gasteiger partial charge in [-0.15, -0.1) is 0 Å². The number of carboxylic acids is 1. The number of carbonyl (C=O) groups is 3. The van der Waals surface area contributed by atoms with E-state index in [2.05, 4.69) is 6.07 Å². The molecule has 1 N–H and O–H groups in total. The fourth-order valence-corrected chi connectivity index (χ4v) is 4.20. The monoisotopic (exact) mass is 501 g/mol. The highest BCUT2D eigenvalue weighted by molar-refractivity contribution is 5.95. The number of hydrogen-bond donors (Lipinski definition) is 1. The molecule has 0 aliphatic rings. The fraction of sp³-hybridized carbons (Fsp3) is 0.323. The predicted molar refractivity (Wildman–Crippen MR) is 144 cm³/mol. The summed E-state index contributed by atoms with van der Waals surface area (Å²) in [6.07, 6.45) is 1.70. The van der Waals surface area contributed by atoms with E-state index in [-0.39, 0.29) is 11.7 Å². The van der Waals surface area contributed by atoms with Crippen LogP contribution in [0.1, 0.15) is 54.1 Å². The first-order valence-electron chi connectivity index (χ1n) is 12.7. The van der Waals surface area contributed by atoms with Gasteiger partial charge in [-0.2, -0.15) is 0 Å². The average Bonchev–Trinajstić information content (AvgIpc) is 2.91. The van der Waals surface area contributed by atoms with E-state index in [0.717, 1.165) is 27.8 Å². The number of unbranched alkanes of at least 4 members (excludes halogenated alkanes) is 1. The van der Waals surface area contributed by atoms with Crippen molar-refractivity contribution in [2.75, 3.05) is 13.7 Å². The van der Waals surface area contributed by atoms with Crippen molar-refractivity contribution in [3.8, 4) is 11.1 Å². The van der Waals surface area contributed by atoms with Crippen molar-refractivity contribution >= 4 is 17.7 Å². The third-order valence-electron chi connectivity index (χ3n) is 6.26. The van der Waals surface area contributed by atoms with Gasteiger partial charge in [-0.25, -0.2) is 4.79 Å². The van der Waals surface area contributed by atoms with Crippen LogP contribution in [0, 0.1) is 0 Å². The van der Waals surface area contributed by atoms with Crippen LogP contribution in [0.25, 0.3) is 11.1 Å². The van der Waals surface area contributed by atoms with Gasteiger partial charge in [0.2, 0.25) is 5.91 Å². The Morgan fingerprint density at radius 2 is 1.54 bits per heavy atom. The van der Waals surface area contributed by atoms with Gasteiger partial charge in [0, 0.05) is 45.0 Å². The molecule has 0 aliphatic carbocycles. The van der Waals surface area contributed by atoms with Crippen LogP contribution in [0.2, 0.25) is 0 Å². The molecule has 3 aromatic carbocycles. The second-order valence-corrected chi connectivity index (χ2v) is 9.13. The lowest BCUT2D eigenvalue weighted by Gasteiger charge is -2.18. The Morgan fingerprint density at radius 3 is 2.22 bits per heavy atom. The topological polar surface area (TPSA) is 83.9 Å². The summed E-state index contributed by atoms with van der Waals surface area (Å²) in [5.41, 5.74) is 4.70. The molecule has 0 heterocycles. The van der Waals surface area contributed by atoms with Gasteiger partial charge in [-0.3, -0.25) is 9.59 Å². The van der Waals surface area contributed by atoms with E-state index in [1.165, 1.54) is 0 Å². The van der Waals surface area contributed by atoms with Crippen molar-refractivity contribution in [3.63, 3.8) is 0 Å². The molecule has 0 spiro atoms. The number of benzene rings is 3. The highest BCUT2D eigenvalue weighted by Gasteiger charge is 2.18. The number of carboxylic acid groups (broad SMARTS) is 1. The number of ketones is 1. The van der Waals surface area contributed by atoms with Crippen molar-refractivity contribution in [1.82, 2.24) is 4.90 Å². The zero-order chi connectivity index (χ0) is 26.6. The van der Waals surface area contributed by atoms with Gasteiger partial charge in [0.25, 0.3) is 0 Å². The first-order valence-corrected chi connectivity index (χ1v) is 12.7. The Kier molecular flexibility index (Phi) is 10.6. The van der Waals surface area contributed by atoms with E-state index in [9.17, 15) is 19.5 Å². The molecule has 3 rings (SSSR count). The second kappa shape index (κ2) is 14.1. The molecule has 3 aromatic rings. The zero-order valence-electron chi connectivity index (χ0n) is 21.6. The van der Waals surface area contributed by atoms with Gasteiger partial charge in [0.1, 0.15) is 0 Å². The number of nitrogens with zero attached hydrogens (tertiary/aromatic N) is 1. The van der Waals surface area contributed by atoms with E-state index in [0.29, 0.717) is 45.3 Å². The molecule has 37 heavy (non-hydrogen) atoms. The van der Waals surface area contributed by atoms with Crippen LogP contribution in [0.4, 0.5) is 0 Å². The number of Topliss-reactive ketones (excluding diaryl/α,β-unsaturated/α-hetero) is 1. The summed E-state index contributed by atoms with van der Waals surface area (Å²) < 4.78 is 5.31. The van der Waals surface area contributed by atoms with Crippen molar-refractivity contribution < 1.29 is 24.2 Å². The number of rotatable bonds is 14. The van der Waals surface area contributed by atoms with Crippen LogP contribution < -0.4 is 0 Å². The highest BCUT2D eigenvalue weighted by atomic mass is 16.5. The zero-order valence-corrected chi connectivity index (χ0v) is 21.6. The van der Waals surface area contributed by atoms with E-state index in [4.69, 9.17) is 4.74 Å². The Bertz CT molecular complexity index is 1170. The summed E-state index contributed by atoms with van der Waals surface area (Å²) >= 11 is 0. The first-order chi connectivity index (χ1) is 17.9. The van der Waals surface area contributed by atoms with E-state index >= 15 is 0 Å². The lowest BCUT2D eigenvalue weighted by atomic mass is 9.99. The Labute approximate surface area is 218 Å². The van der Waals surface area contributed by atoms with Crippen LogP contribution in [-0.4, -0.2) is 47.4 Å². The van der Waals surface area contributed by atoms with Crippen LogP contribution in [0.15, 0.2) is 78.9 Å². The van der Waals surface area contributed by atoms with Gasteiger partial charge >= 0.3 is 5.97 Å². The summed E-state index contributed by atoms with van der Waals surface area (Å²) in [7, 11) is 1.80. The average molecular weight is 502 g/mol. The highest BCUT2D eigenvalue weighted by Crippen LogP contribution is 2.22. The maximum absolute atomic E-state index is 12.6.